The summed E-state index contributed by atoms with van der Waals surface area (Å²) in [5, 5.41) is -2.73. The molecule has 0 spiro atoms. The van der Waals surface area contributed by atoms with Gasteiger partial charge in [0.25, 0.3) is 19.7 Å². The molecule has 140 valence electrons. The molecule has 1 fully saturated rings. The van der Waals surface area contributed by atoms with E-state index in [-0.39, 0.29) is 5.56 Å². The first kappa shape index (κ1) is 18.5. The van der Waals surface area contributed by atoms with E-state index in [9.17, 15) is 43.2 Å². The first-order valence-electron chi connectivity index (χ1n) is 6.88. The highest BCUT2D eigenvalue weighted by Gasteiger charge is 2.75. The lowest BCUT2D eigenvalue weighted by molar-refractivity contribution is -0.0486. The fourth-order valence-corrected chi connectivity index (χ4v) is 8.01. The van der Waals surface area contributed by atoms with E-state index in [4.69, 9.17) is 0 Å². The number of halogens is 6. The van der Waals surface area contributed by atoms with Crippen molar-refractivity contribution in [3.8, 4) is 0 Å². The second-order valence-electron chi connectivity index (χ2n) is 6.04. The van der Waals surface area contributed by atoms with Gasteiger partial charge in [-0.3, -0.25) is 0 Å². The number of hydrogen-bond donors (Lipinski definition) is 0. The third-order valence-electron chi connectivity index (χ3n) is 4.91. The van der Waals surface area contributed by atoms with Crippen molar-refractivity contribution in [3.05, 3.63) is 35.4 Å². The van der Waals surface area contributed by atoms with Crippen LogP contribution in [0.25, 0.3) is 0 Å². The molecule has 25 heavy (non-hydrogen) atoms. The van der Waals surface area contributed by atoms with Crippen LogP contribution in [0.15, 0.2) is 24.3 Å². The Hall–Kier alpha value is -1.30. The van der Waals surface area contributed by atoms with Crippen molar-refractivity contribution in [2.45, 2.75) is 39.8 Å². The van der Waals surface area contributed by atoms with E-state index in [1.54, 1.807) is 0 Å². The van der Waals surface area contributed by atoms with E-state index in [2.05, 4.69) is 0 Å². The van der Waals surface area contributed by atoms with Gasteiger partial charge in [0.15, 0.2) is 0 Å². The van der Waals surface area contributed by atoms with Gasteiger partial charge in [-0.1, -0.05) is 24.3 Å². The molecule has 0 saturated heterocycles. The van der Waals surface area contributed by atoms with Gasteiger partial charge in [-0.05, 0) is 29.9 Å². The van der Waals surface area contributed by atoms with Crippen molar-refractivity contribution in [3.63, 3.8) is 0 Å². The van der Waals surface area contributed by atoms with Crippen LogP contribution in [0.5, 0.6) is 0 Å². The van der Waals surface area contributed by atoms with Crippen LogP contribution in [-0.4, -0.2) is 33.1 Å². The highest BCUT2D eigenvalue weighted by Crippen LogP contribution is 2.65. The summed E-state index contributed by atoms with van der Waals surface area (Å²) in [4.78, 5) is 0. The lowest BCUT2D eigenvalue weighted by atomic mass is 9.91. The van der Waals surface area contributed by atoms with E-state index in [1.807, 2.05) is 0 Å². The van der Waals surface area contributed by atoms with Crippen LogP contribution in [0.2, 0.25) is 0 Å². The fraction of sp³-hybridized carbons (Fsp3) is 0.538. The third kappa shape index (κ3) is 2.12. The summed E-state index contributed by atoms with van der Waals surface area (Å²) >= 11 is 0. The predicted octanol–water partition coefficient (Wildman–Crippen LogP) is 3.01. The number of hydrogen-bond acceptors (Lipinski definition) is 4. The summed E-state index contributed by atoms with van der Waals surface area (Å²) in [7, 11) is -12.4. The normalized spacial score (nSPS) is 29.7. The topological polar surface area (TPSA) is 68.3 Å². The molecule has 4 nitrogen and oxygen atoms in total. The molecule has 0 aliphatic heterocycles. The van der Waals surface area contributed by atoms with Crippen LogP contribution in [0.4, 0.5) is 26.3 Å². The van der Waals surface area contributed by atoms with Crippen molar-refractivity contribution >= 4 is 19.7 Å². The minimum atomic E-state index is -6.23. The SMILES string of the molecule is O=S(=O)(C1CC2CC1(S(=O)(=O)C(F)(F)F)c1ccccc12)C(F)(F)F. The minimum Gasteiger partial charge on any atom is -0.219 e. The molecule has 1 saturated carbocycles. The van der Waals surface area contributed by atoms with Crippen LogP contribution in [0.1, 0.15) is 29.9 Å². The van der Waals surface area contributed by atoms with E-state index in [0.717, 1.165) is 6.07 Å². The molecule has 2 aliphatic rings. The van der Waals surface area contributed by atoms with Crippen LogP contribution in [-0.2, 0) is 24.4 Å². The largest absolute Gasteiger partial charge is 0.498 e. The molecular weight excluding hydrogens is 398 g/mol. The molecule has 2 bridgehead atoms. The number of sulfone groups is 2. The standard InChI is InChI=1S/C13H10F6O4S2/c14-12(15,16)24(20,21)10-5-7-6-11(10,25(22,23)13(17,18)19)9-4-2-1-3-8(7)9/h1-4,7,10H,5-6H2. The molecule has 0 heterocycles. The maximum absolute atomic E-state index is 13.2. The molecule has 0 radical (unpaired) electrons. The van der Waals surface area contributed by atoms with Gasteiger partial charge < -0.3 is 0 Å². The van der Waals surface area contributed by atoms with Gasteiger partial charge in [0.1, 0.15) is 4.75 Å². The lowest BCUT2D eigenvalue weighted by Gasteiger charge is -2.36. The molecule has 3 rings (SSSR count). The Bertz CT molecular complexity index is 932. The minimum absolute atomic E-state index is 0.143. The van der Waals surface area contributed by atoms with E-state index in [0.29, 0.717) is 0 Å². The average Bonchev–Trinajstić information content (AvgIpc) is 3.01. The van der Waals surface area contributed by atoms with Gasteiger partial charge in [0.05, 0.1) is 5.25 Å². The zero-order valence-corrected chi connectivity index (χ0v) is 13.7. The van der Waals surface area contributed by atoms with Gasteiger partial charge in [-0.15, -0.1) is 0 Å². The molecule has 3 unspecified atom stereocenters. The smallest absolute Gasteiger partial charge is 0.219 e. The van der Waals surface area contributed by atoms with Gasteiger partial charge in [-0.2, -0.15) is 26.3 Å². The van der Waals surface area contributed by atoms with Crippen LogP contribution in [0, 0.1) is 0 Å². The summed E-state index contributed by atoms with van der Waals surface area (Å²) < 4.78 is 124. The van der Waals surface area contributed by atoms with Crippen molar-refractivity contribution in [1.82, 2.24) is 0 Å². The molecule has 0 N–H and O–H groups in total. The Labute approximate surface area is 138 Å². The Morgan fingerprint density at radius 2 is 1.48 bits per heavy atom. The van der Waals surface area contributed by atoms with E-state index in [1.165, 1.54) is 18.2 Å². The van der Waals surface area contributed by atoms with Crippen molar-refractivity contribution in [2.24, 2.45) is 0 Å². The summed E-state index contributed by atoms with van der Waals surface area (Å²) in [5.74, 6) is -1.00. The molecule has 1 aromatic carbocycles. The molecular formula is C13H10F6O4S2. The van der Waals surface area contributed by atoms with Gasteiger partial charge in [-0.25, -0.2) is 16.8 Å². The van der Waals surface area contributed by atoms with Gasteiger partial charge in [0.2, 0.25) is 0 Å². The molecule has 0 amide bonds. The number of benzene rings is 1. The number of rotatable bonds is 2. The number of fused-ring (bicyclic) bond motifs is 5. The van der Waals surface area contributed by atoms with Crippen molar-refractivity contribution < 1.29 is 43.2 Å². The Morgan fingerprint density at radius 1 is 0.920 bits per heavy atom. The first-order chi connectivity index (χ1) is 11.2. The highest BCUT2D eigenvalue weighted by atomic mass is 32.2. The summed E-state index contributed by atoms with van der Waals surface area (Å²) in [5.41, 5.74) is -12.1. The second kappa shape index (κ2) is 4.90. The highest BCUT2D eigenvalue weighted by molar-refractivity contribution is 7.97. The van der Waals surface area contributed by atoms with E-state index >= 15 is 0 Å². The zero-order valence-electron chi connectivity index (χ0n) is 12.1. The molecule has 1 aromatic rings. The van der Waals surface area contributed by atoms with Crippen molar-refractivity contribution in [2.75, 3.05) is 0 Å². The third-order valence-corrected chi connectivity index (χ3v) is 9.28. The maximum atomic E-state index is 13.2. The molecule has 3 atom stereocenters. The molecule has 12 heteroatoms. The summed E-state index contributed by atoms with van der Waals surface area (Å²) in [6.07, 6.45) is -1.66. The zero-order chi connectivity index (χ0) is 19.1. The Morgan fingerprint density at radius 3 is 2.00 bits per heavy atom. The maximum Gasteiger partial charge on any atom is 0.498 e. The lowest BCUT2D eigenvalue weighted by Crippen LogP contribution is -2.54. The first-order valence-corrected chi connectivity index (χ1v) is 9.91. The Balaban J connectivity index is 2.37. The van der Waals surface area contributed by atoms with Crippen LogP contribution in [0.3, 0.4) is 0 Å². The van der Waals surface area contributed by atoms with Crippen molar-refractivity contribution in [1.29, 1.82) is 0 Å². The summed E-state index contributed by atoms with van der Waals surface area (Å²) in [6.45, 7) is 0. The monoisotopic (exact) mass is 408 g/mol. The van der Waals surface area contributed by atoms with E-state index < -0.39 is 65.0 Å². The fourth-order valence-electron chi connectivity index (χ4n) is 3.96. The van der Waals surface area contributed by atoms with Crippen LogP contribution >= 0.6 is 0 Å². The quantitative estimate of drug-likeness (QED) is 0.706. The van der Waals surface area contributed by atoms with Gasteiger partial charge in [0, 0.05) is 0 Å². The second-order valence-corrected chi connectivity index (χ2v) is 10.4. The summed E-state index contributed by atoms with van der Waals surface area (Å²) in [6, 6.07) is 4.84. The molecule has 2 aliphatic carbocycles. The predicted molar refractivity (Wildman–Crippen MR) is 73.8 cm³/mol. The average molecular weight is 408 g/mol. The number of alkyl halides is 6. The van der Waals surface area contributed by atoms with Crippen LogP contribution < -0.4 is 0 Å². The van der Waals surface area contributed by atoms with Gasteiger partial charge >= 0.3 is 11.0 Å². The Kier molecular flexibility index (Phi) is 3.62. The molecule has 0 aromatic heterocycles.